The molecule has 2 N–H and O–H groups in total. The Labute approximate surface area is 129 Å². The van der Waals surface area contributed by atoms with Gasteiger partial charge in [-0.1, -0.05) is 6.42 Å². The van der Waals surface area contributed by atoms with Crippen molar-refractivity contribution in [2.45, 2.75) is 51.0 Å². The van der Waals surface area contributed by atoms with Crippen LogP contribution in [0, 0.1) is 0 Å². The Kier molecular flexibility index (Phi) is 4.87. The lowest BCUT2D eigenvalue weighted by Gasteiger charge is -2.33. The fourth-order valence-electron chi connectivity index (χ4n) is 3.22. The lowest BCUT2D eigenvalue weighted by molar-refractivity contribution is -0.118. The van der Waals surface area contributed by atoms with Gasteiger partial charge in [0.1, 0.15) is 0 Å². The number of hydrogen-bond acceptors (Lipinski definition) is 5. The van der Waals surface area contributed by atoms with E-state index in [1.165, 1.54) is 23.4 Å². The highest BCUT2D eigenvalue weighted by atomic mass is 32.1. The van der Waals surface area contributed by atoms with E-state index in [4.69, 9.17) is 0 Å². The SMILES string of the molecule is O=C(CN1CCCCC1CO)Nc1nc2c(s1)CCCC2. The normalized spacial score (nSPS) is 22.8. The number of piperidine rings is 1. The van der Waals surface area contributed by atoms with Crippen molar-refractivity contribution in [3.8, 4) is 0 Å². The van der Waals surface area contributed by atoms with E-state index in [0.29, 0.717) is 6.54 Å². The molecule has 6 heteroatoms. The number of hydrogen-bond donors (Lipinski definition) is 2. The maximum Gasteiger partial charge on any atom is 0.240 e. The number of carbonyl (C=O) groups excluding carboxylic acids is 1. The van der Waals surface area contributed by atoms with Crippen LogP contribution < -0.4 is 5.32 Å². The summed E-state index contributed by atoms with van der Waals surface area (Å²) in [6, 6.07) is 0.133. The quantitative estimate of drug-likeness (QED) is 0.890. The van der Waals surface area contributed by atoms with Gasteiger partial charge in [-0.25, -0.2) is 4.98 Å². The van der Waals surface area contributed by atoms with Gasteiger partial charge < -0.3 is 10.4 Å². The topological polar surface area (TPSA) is 65.5 Å². The van der Waals surface area contributed by atoms with E-state index in [1.807, 2.05) is 0 Å². The standard InChI is InChI=1S/C15H23N3O2S/c19-10-11-5-3-4-8-18(11)9-14(20)17-15-16-12-6-1-2-7-13(12)21-15/h11,19H,1-10H2,(H,16,17,20). The predicted octanol–water partition coefficient (Wildman–Crippen LogP) is 1.81. The molecule has 1 amide bonds. The number of anilines is 1. The Morgan fingerprint density at radius 2 is 2.19 bits per heavy atom. The van der Waals surface area contributed by atoms with Crippen molar-refractivity contribution in [2.75, 3.05) is 25.0 Å². The van der Waals surface area contributed by atoms with Crippen LogP contribution in [-0.4, -0.2) is 46.6 Å². The molecule has 2 heterocycles. The van der Waals surface area contributed by atoms with Crippen molar-refractivity contribution in [2.24, 2.45) is 0 Å². The molecule has 1 aromatic rings. The molecular formula is C15H23N3O2S. The van der Waals surface area contributed by atoms with Crippen molar-refractivity contribution in [3.05, 3.63) is 10.6 Å². The predicted molar refractivity (Wildman–Crippen MR) is 83.7 cm³/mol. The number of aryl methyl sites for hydroxylation is 2. The summed E-state index contributed by atoms with van der Waals surface area (Å²) in [6.07, 6.45) is 7.81. The van der Waals surface area contributed by atoms with Gasteiger partial charge in [0, 0.05) is 10.9 Å². The number of nitrogens with one attached hydrogen (secondary N) is 1. The van der Waals surface area contributed by atoms with Gasteiger partial charge in [0.05, 0.1) is 18.8 Å². The number of fused-ring (bicyclic) bond motifs is 1. The average Bonchev–Trinajstić information content (AvgIpc) is 2.89. The van der Waals surface area contributed by atoms with Crippen molar-refractivity contribution in [1.82, 2.24) is 9.88 Å². The number of nitrogens with zero attached hydrogens (tertiary/aromatic N) is 2. The number of carbonyl (C=O) groups is 1. The summed E-state index contributed by atoms with van der Waals surface area (Å²) in [5.41, 5.74) is 1.17. The summed E-state index contributed by atoms with van der Waals surface area (Å²) in [4.78, 5) is 20.2. The minimum Gasteiger partial charge on any atom is -0.395 e. The molecule has 5 nitrogen and oxygen atoms in total. The molecule has 0 saturated carbocycles. The summed E-state index contributed by atoms with van der Waals surface area (Å²) >= 11 is 1.62. The Morgan fingerprint density at radius 3 is 3.00 bits per heavy atom. The second kappa shape index (κ2) is 6.85. The average molecular weight is 309 g/mol. The van der Waals surface area contributed by atoms with E-state index in [0.717, 1.165) is 43.8 Å². The smallest absolute Gasteiger partial charge is 0.240 e. The van der Waals surface area contributed by atoms with Gasteiger partial charge in [-0.3, -0.25) is 9.69 Å². The minimum atomic E-state index is -0.0125. The summed E-state index contributed by atoms with van der Waals surface area (Å²) in [5.74, 6) is -0.0125. The summed E-state index contributed by atoms with van der Waals surface area (Å²) in [6.45, 7) is 1.39. The molecule has 3 rings (SSSR count). The molecule has 21 heavy (non-hydrogen) atoms. The first-order chi connectivity index (χ1) is 10.3. The zero-order valence-corrected chi connectivity index (χ0v) is 13.1. The third-order valence-corrected chi connectivity index (χ3v) is 5.47. The van der Waals surface area contributed by atoms with Crippen molar-refractivity contribution >= 4 is 22.4 Å². The van der Waals surface area contributed by atoms with Gasteiger partial charge in [-0.2, -0.15) is 0 Å². The van der Waals surface area contributed by atoms with Crippen LogP contribution in [0.2, 0.25) is 0 Å². The number of rotatable bonds is 4. The molecule has 1 aromatic heterocycles. The van der Waals surface area contributed by atoms with Crippen molar-refractivity contribution in [1.29, 1.82) is 0 Å². The van der Waals surface area contributed by atoms with E-state index < -0.39 is 0 Å². The van der Waals surface area contributed by atoms with Crippen LogP contribution in [0.5, 0.6) is 0 Å². The molecule has 1 unspecified atom stereocenters. The first kappa shape index (κ1) is 14.9. The monoisotopic (exact) mass is 309 g/mol. The first-order valence-electron chi connectivity index (χ1n) is 7.89. The highest BCUT2D eigenvalue weighted by Gasteiger charge is 2.24. The van der Waals surface area contributed by atoms with E-state index in [2.05, 4.69) is 15.2 Å². The van der Waals surface area contributed by atoms with Crippen LogP contribution >= 0.6 is 11.3 Å². The Bertz CT molecular complexity index is 480. The van der Waals surface area contributed by atoms with Gasteiger partial charge in [-0.15, -0.1) is 11.3 Å². The Balaban J connectivity index is 1.57. The van der Waals surface area contributed by atoms with Crippen LogP contribution in [-0.2, 0) is 17.6 Å². The maximum absolute atomic E-state index is 12.2. The number of aliphatic hydroxyl groups is 1. The fourth-order valence-corrected chi connectivity index (χ4v) is 4.29. The molecule has 1 saturated heterocycles. The zero-order chi connectivity index (χ0) is 14.7. The molecule has 0 radical (unpaired) electrons. The molecular weight excluding hydrogens is 286 g/mol. The lowest BCUT2D eigenvalue weighted by atomic mass is 10.0. The molecule has 0 spiro atoms. The molecule has 1 atom stereocenters. The third kappa shape index (κ3) is 3.62. The number of aromatic nitrogens is 1. The Morgan fingerprint density at radius 1 is 1.33 bits per heavy atom. The number of likely N-dealkylation sites (tertiary alicyclic amines) is 1. The van der Waals surface area contributed by atoms with E-state index >= 15 is 0 Å². The second-order valence-corrected chi connectivity index (χ2v) is 7.03. The van der Waals surface area contributed by atoms with E-state index in [9.17, 15) is 9.90 Å². The first-order valence-corrected chi connectivity index (χ1v) is 8.71. The minimum absolute atomic E-state index is 0.0125. The van der Waals surface area contributed by atoms with E-state index in [-0.39, 0.29) is 18.6 Å². The molecule has 1 fully saturated rings. The number of thiazole rings is 1. The highest BCUT2D eigenvalue weighted by Crippen LogP contribution is 2.29. The third-order valence-electron chi connectivity index (χ3n) is 4.40. The largest absolute Gasteiger partial charge is 0.395 e. The van der Waals surface area contributed by atoms with Crippen LogP contribution in [0.25, 0.3) is 0 Å². The van der Waals surface area contributed by atoms with Gasteiger partial charge in [0.25, 0.3) is 0 Å². The zero-order valence-electron chi connectivity index (χ0n) is 12.3. The molecule has 116 valence electrons. The van der Waals surface area contributed by atoms with Crippen LogP contribution in [0.3, 0.4) is 0 Å². The van der Waals surface area contributed by atoms with Crippen LogP contribution in [0.4, 0.5) is 5.13 Å². The Hall–Kier alpha value is -0.980. The summed E-state index contributed by atoms with van der Waals surface area (Å²) in [7, 11) is 0. The molecule has 1 aliphatic carbocycles. The van der Waals surface area contributed by atoms with E-state index in [1.54, 1.807) is 11.3 Å². The summed E-state index contributed by atoms with van der Waals surface area (Å²) in [5, 5.41) is 13.1. The van der Waals surface area contributed by atoms with Crippen molar-refractivity contribution < 1.29 is 9.90 Å². The lowest BCUT2D eigenvalue weighted by Crippen LogP contribution is -2.45. The van der Waals surface area contributed by atoms with Crippen molar-refractivity contribution in [3.63, 3.8) is 0 Å². The molecule has 0 bridgehead atoms. The highest BCUT2D eigenvalue weighted by molar-refractivity contribution is 7.15. The maximum atomic E-state index is 12.2. The fraction of sp³-hybridized carbons (Fsp3) is 0.733. The van der Waals surface area contributed by atoms with Gasteiger partial charge in [-0.05, 0) is 45.1 Å². The van der Waals surface area contributed by atoms with Gasteiger partial charge >= 0.3 is 0 Å². The van der Waals surface area contributed by atoms with Crippen LogP contribution in [0.15, 0.2) is 0 Å². The van der Waals surface area contributed by atoms with Crippen LogP contribution in [0.1, 0.15) is 42.7 Å². The van der Waals surface area contributed by atoms with Gasteiger partial charge in [0.2, 0.25) is 5.91 Å². The number of aliphatic hydroxyl groups excluding tert-OH is 1. The summed E-state index contributed by atoms with van der Waals surface area (Å²) < 4.78 is 0. The van der Waals surface area contributed by atoms with Gasteiger partial charge in [0.15, 0.2) is 5.13 Å². The second-order valence-electron chi connectivity index (χ2n) is 5.95. The molecule has 1 aliphatic heterocycles. The molecule has 0 aromatic carbocycles. The number of amides is 1. The molecule has 2 aliphatic rings.